The highest BCUT2D eigenvalue weighted by Crippen LogP contribution is 2.25. The van der Waals surface area contributed by atoms with E-state index in [1.165, 1.54) is 0 Å². The fraction of sp³-hybridized carbons (Fsp3) is 0.500. The lowest BCUT2D eigenvalue weighted by molar-refractivity contribution is -0.129. The molecule has 2 heterocycles. The standard InChI is InChI=1S/C12H17N3O/c1-9-11(6-13)5-12(16)15(9)8-10-3-2-4-14-7-10/h2-4,7,9,11H,5-6,8,13H2,1H3. The fourth-order valence-electron chi connectivity index (χ4n) is 2.19. The molecule has 1 saturated heterocycles. The van der Waals surface area contributed by atoms with Crippen LogP contribution in [0, 0.1) is 5.92 Å². The van der Waals surface area contributed by atoms with Crippen molar-refractivity contribution in [1.82, 2.24) is 9.88 Å². The molecule has 2 rings (SSSR count). The van der Waals surface area contributed by atoms with Gasteiger partial charge in [-0.3, -0.25) is 9.78 Å². The Morgan fingerprint density at radius 1 is 1.62 bits per heavy atom. The van der Waals surface area contributed by atoms with Crippen molar-refractivity contribution in [2.75, 3.05) is 6.54 Å². The number of carbonyl (C=O) groups excluding carboxylic acids is 1. The molecule has 4 nitrogen and oxygen atoms in total. The molecule has 0 spiro atoms. The molecule has 1 aliphatic heterocycles. The Hall–Kier alpha value is -1.42. The third-order valence-corrected chi connectivity index (χ3v) is 3.31. The number of amides is 1. The van der Waals surface area contributed by atoms with Crippen LogP contribution in [0.5, 0.6) is 0 Å². The lowest BCUT2D eigenvalue weighted by atomic mass is 10.0. The first-order valence-corrected chi connectivity index (χ1v) is 5.61. The minimum atomic E-state index is 0.201. The van der Waals surface area contributed by atoms with E-state index in [4.69, 9.17) is 5.73 Å². The van der Waals surface area contributed by atoms with Crippen LogP contribution in [0.25, 0.3) is 0 Å². The predicted octanol–water partition coefficient (Wildman–Crippen LogP) is 0.777. The van der Waals surface area contributed by atoms with Crippen LogP contribution in [0.2, 0.25) is 0 Å². The van der Waals surface area contributed by atoms with Crippen LogP contribution in [0.15, 0.2) is 24.5 Å². The smallest absolute Gasteiger partial charge is 0.223 e. The summed E-state index contributed by atoms with van der Waals surface area (Å²) in [6, 6.07) is 4.11. The van der Waals surface area contributed by atoms with Gasteiger partial charge in [0, 0.05) is 37.3 Å². The van der Waals surface area contributed by atoms with Gasteiger partial charge >= 0.3 is 0 Å². The Morgan fingerprint density at radius 2 is 2.44 bits per heavy atom. The van der Waals surface area contributed by atoms with Gasteiger partial charge in [-0.05, 0) is 25.1 Å². The maximum absolute atomic E-state index is 11.8. The molecule has 2 unspecified atom stereocenters. The number of aromatic nitrogens is 1. The molecule has 1 aromatic heterocycles. The summed E-state index contributed by atoms with van der Waals surface area (Å²) in [6.45, 7) is 3.29. The maximum atomic E-state index is 11.8. The van der Waals surface area contributed by atoms with E-state index in [0.717, 1.165) is 5.56 Å². The first-order valence-electron chi connectivity index (χ1n) is 5.61. The first-order chi connectivity index (χ1) is 7.72. The molecule has 2 atom stereocenters. The third kappa shape index (κ3) is 2.07. The van der Waals surface area contributed by atoms with Crippen molar-refractivity contribution in [3.63, 3.8) is 0 Å². The highest BCUT2D eigenvalue weighted by atomic mass is 16.2. The van der Waals surface area contributed by atoms with Gasteiger partial charge in [0.2, 0.25) is 5.91 Å². The maximum Gasteiger partial charge on any atom is 0.223 e. The van der Waals surface area contributed by atoms with Gasteiger partial charge in [0.15, 0.2) is 0 Å². The van der Waals surface area contributed by atoms with Crippen LogP contribution in [0.4, 0.5) is 0 Å². The number of pyridine rings is 1. The Balaban J connectivity index is 2.08. The monoisotopic (exact) mass is 219 g/mol. The van der Waals surface area contributed by atoms with Crippen LogP contribution < -0.4 is 5.73 Å². The number of hydrogen-bond acceptors (Lipinski definition) is 3. The van der Waals surface area contributed by atoms with E-state index in [1.807, 2.05) is 17.0 Å². The summed E-state index contributed by atoms with van der Waals surface area (Å²) in [6.07, 6.45) is 4.12. The van der Waals surface area contributed by atoms with Gasteiger partial charge in [-0.1, -0.05) is 6.07 Å². The van der Waals surface area contributed by atoms with Gasteiger partial charge in [0.1, 0.15) is 0 Å². The van der Waals surface area contributed by atoms with Crippen LogP contribution >= 0.6 is 0 Å². The van der Waals surface area contributed by atoms with Gasteiger partial charge in [-0.2, -0.15) is 0 Å². The van der Waals surface area contributed by atoms with Crippen LogP contribution in [-0.4, -0.2) is 28.4 Å². The number of likely N-dealkylation sites (tertiary alicyclic amines) is 1. The fourth-order valence-corrected chi connectivity index (χ4v) is 2.19. The van der Waals surface area contributed by atoms with Crippen LogP contribution in [0.1, 0.15) is 18.9 Å². The molecule has 0 radical (unpaired) electrons. The number of rotatable bonds is 3. The molecule has 0 saturated carbocycles. The van der Waals surface area contributed by atoms with Crippen LogP contribution in [-0.2, 0) is 11.3 Å². The molecule has 0 bridgehead atoms. The zero-order valence-corrected chi connectivity index (χ0v) is 9.47. The Bertz CT molecular complexity index is 366. The summed E-state index contributed by atoms with van der Waals surface area (Å²) in [5.74, 6) is 0.496. The minimum absolute atomic E-state index is 0.201. The largest absolute Gasteiger partial charge is 0.335 e. The Morgan fingerprint density at radius 3 is 3.00 bits per heavy atom. The molecule has 1 aromatic rings. The third-order valence-electron chi connectivity index (χ3n) is 3.31. The molecular formula is C12H17N3O. The zero-order chi connectivity index (χ0) is 11.5. The summed E-state index contributed by atoms with van der Waals surface area (Å²) < 4.78 is 0. The topological polar surface area (TPSA) is 59.2 Å². The molecule has 0 aromatic carbocycles. The quantitative estimate of drug-likeness (QED) is 0.817. The molecule has 0 aliphatic carbocycles. The van der Waals surface area contributed by atoms with E-state index in [0.29, 0.717) is 25.4 Å². The van der Waals surface area contributed by atoms with E-state index in [-0.39, 0.29) is 11.9 Å². The molecule has 1 fully saturated rings. The van der Waals surface area contributed by atoms with Gasteiger partial charge in [0.25, 0.3) is 0 Å². The van der Waals surface area contributed by atoms with E-state index in [9.17, 15) is 4.79 Å². The lowest BCUT2D eigenvalue weighted by Gasteiger charge is -2.24. The lowest BCUT2D eigenvalue weighted by Crippen LogP contribution is -2.34. The highest BCUT2D eigenvalue weighted by molar-refractivity contribution is 5.79. The summed E-state index contributed by atoms with van der Waals surface area (Å²) in [4.78, 5) is 17.8. The zero-order valence-electron chi connectivity index (χ0n) is 9.47. The Labute approximate surface area is 95.5 Å². The van der Waals surface area contributed by atoms with Gasteiger partial charge < -0.3 is 10.6 Å². The second-order valence-corrected chi connectivity index (χ2v) is 4.32. The average Bonchev–Trinajstić information content (AvgIpc) is 2.58. The second-order valence-electron chi connectivity index (χ2n) is 4.32. The van der Waals surface area contributed by atoms with E-state index < -0.39 is 0 Å². The number of hydrogen-bond donors (Lipinski definition) is 1. The van der Waals surface area contributed by atoms with Crippen molar-refractivity contribution in [2.24, 2.45) is 11.7 Å². The summed E-state index contributed by atoms with van der Waals surface area (Å²) >= 11 is 0. The second kappa shape index (κ2) is 4.61. The minimum Gasteiger partial charge on any atom is -0.335 e. The van der Waals surface area contributed by atoms with Gasteiger partial charge in [-0.15, -0.1) is 0 Å². The van der Waals surface area contributed by atoms with Crippen molar-refractivity contribution in [2.45, 2.75) is 25.9 Å². The van der Waals surface area contributed by atoms with Crippen LogP contribution in [0.3, 0.4) is 0 Å². The highest BCUT2D eigenvalue weighted by Gasteiger charge is 2.35. The van der Waals surface area contributed by atoms with E-state index in [2.05, 4.69) is 11.9 Å². The SMILES string of the molecule is CC1C(CN)CC(=O)N1Cc1cccnc1. The van der Waals surface area contributed by atoms with Crippen molar-refractivity contribution >= 4 is 5.91 Å². The predicted molar refractivity (Wildman–Crippen MR) is 61.4 cm³/mol. The van der Waals surface area contributed by atoms with E-state index in [1.54, 1.807) is 12.4 Å². The molecular weight excluding hydrogens is 202 g/mol. The molecule has 16 heavy (non-hydrogen) atoms. The first kappa shape index (κ1) is 11.1. The van der Waals surface area contributed by atoms with Gasteiger partial charge in [0.05, 0.1) is 0 Å². The molecule has 86 valence electrons. The summed E-state index contributed by atoms with van der Waals surface area (Å²) in [5, 5.41) is 0. The molecule has 1 aliphatic rings. The molecule has 4 heteroatoms. The van der Waals surface area contributed by atoms with Gasteiger partial charge in [-0.25, -0.2) is 0 Å². The van der Waals surface area contributed by atoms with E-state index >= 15 is 0 Å². The van der Waals surface area contributed by atoms with Crippen molar-refractivity contribution in [3.05, 3.63) is 30.1 Å². The molecule has 2 N–H and O–H groups in total. The summed E-state index contributed by atoms with van der Waals surface area (Å²) in [5.41, 5.74) is 6.72. The summed E-state index contributed by atoms with van der Waals surface area (Å²) in [7, 11) is 0. The van der Waals surface area contributed by atoms with Crippen molar-refractivity contribution in [3.8, 4) is 0 Å². The Kier molecular flexibility index (Phi) is 3.19. The normalized spacial score (nSPS) is 25.1. The van der Waals surface area contributed by atoms with Crippen molar-refractivity contribution in [1.29, 1.82) is 0 Å². The number of nitrogens with two attached hydrogens (primary N) is 1. The molecule has 1 amide bonds. The number of nitrogens with zero attached hydrogens (tertiary/aromatic N) is 2. The average molecular weight is 219 g/mol. The van der Waals surface area contributed by atoms with Crippen molar-refractivity contribution < 1.29 is 4.79 Å². The number of carbonyl (C=O) groups is 1.